The third-order valence-electron chi connectivity index (χ3n) is 13.8. The molecule has 3 rings (SSSR count). The summed E-state index contributed by atoms with van der Waals surface area (Å²) in [5.74, 6) is -7.42. The normalized spacial score (nSPS) is 34.7. The zero-order valence-corrected chi connectivity index (χ0v) is 45.5. The number of anilines is 1. The van der Waals surface area contributed by atoms with Crippen molar-refractivity contribution in [1.29, 1.82) is 0 Å². The van der Waals surface area contributed by atoms with Gasteiger partial charge in [-0.05, 0) is 68.7 Å². The van der Waals surface area contributed by atoms with Gasteiger partial charge in [-0.2, -0.15) is 0 Å². The van der Waals surface area contributed by atoms with E-state index in [1.165, 1.54) is 19.1 Å². The van der Waals surface area contributed by atoms with Gasteiger partial charge in [0.25, 0.3) is 0 Å². The number of aliphatic hydroxyl groups excluding tert-OH is 8. The second-order valence-electron chi connectivity index (χ2n) is 20.9. The lowest BCUT2D eigenvalue weighted by Crippen LogP contribution is -2.61. The number of aliphatic hydroxyl groups is 8. The monoisotopic (exact) mass is 1110 g/mol. The van der Waals surface area contributed by atoms with Crippen LogP contribution in [0, 0.1) is 23.7 Å². The SMILES string of the molecule is C[C@H](C[C@H](C)[C@@H](O)CC(=O)c1ccc(N)cc1)[C@H]1OC(=O)CC(=O)CCCC(=O)C[C@@H](O)C[C@@H](O)C[C@@H](O)CC(=O)C[C@@H](O)[C@H](C(=O)O)[C@@H](O)C[C@@H](O[C@@H]2O[C@H](C)[C@H](O)[C@@H](O)[C@@H]2N)/C=C/C=C/C=C/C=C/C=C/C=C/C=C/[C@@H]1C. The quantitative estimate of drug-likeness (QED) is 0.0690. The van der Waals surface area contributed by atoms with Gasteiger partial charge in [-0.15, -0.1) is 0 Å². The van der Waals surface area contributed by atoms with E-state index < -0.39 is 153 Å². The molecular formula is C59H84N2O18. The van der Waals surface area contributed by atoms with Crippen molar-refractivity contribution >= 4 is 40.8 Å². The number of nitrogens with two attached hydrogens (primary N) is 2. The number of cyclic esters (lactones) is 1. The van der Waals surface area contributed by atoms with Crippen LogP contribution in [0.15, 0.2) is 109 Å². The Bertz CT molecular complexity index is 2310. The largest absolute Gasteiger partial charge is 0.481 e. The molecule has 0 radical (unpaired) electrons. The number of carbonyl (C=O) groups is 6. The minimum absolute atomic E-state index is 0.0619. The number of allylic oxidation sites excluding steroid dienone is 12. The molecule has 1 fully saturated rings. The van der Waals surface area contributed by atoms with Crippen LogP contribution in [0.25, 0.3) is 0 Å². The number of ether oxygens (including phenoxy) is 3. The van der Waals surface area contributed by atoms with E-state index in [0.717, 1.165) is 0 Å². The van der Waals surface area contributed by atoms with Gasteiger partial charge < -0.3 is 71.6 Å². The first-order valence-corrected chi connectivity index (χ1v) is 26.9. The number of hydrogen-bond acceptors (Lipinski definition) is 19. The fourth-order valence-electron chi connectivity index (χ4n) is 9.36. The Hall–Kier alpha value is -5.62. The van der Waals surface area contributed by atoms with Gasteiger partial charge in [0, 0.05) is 62.1 Å². The summed E-state index contributed by atoms with van der Waals surface area (Å²) in [5.41, 5.74) is 12.8. The lowest BCUT2D eigenvalue weighted by molar-refractivity contribution is -0.265. The Kier molecular flexibility index (Phi) is 30.1. The molecule has 0 unspecified atom stereocenters. The smallest absolute Gasteiger partial charge is 0.313 e. The Morgan fingerprint density at radius 1 is 0.684 bits per heavy atom. The third-order valence-corrected chi connectivity index (χ3v) is 13.8. The lowest BCUT2D eigenvalue weighted by atomic mass is 9.83. The molecule has 1 aromatic carbocycles. The molecule has 0 saturated carbocycles. The van der Waals surface area contributed by atoms with Crippen LogP contribution in [0.4, 0.5) is 5.69 Å². The molecule has 1 aromatic rings. The van der Waals surface area contributed by atoms with Crippen molar-refractivity contribution in [3.05, 3.63) is 115 Å². The molecule has 13 N–H and O–H groups in total. The van der Waals surface area contributed by atoms with E-state index in [1.54, 1.807) is 98.0 Å². The highest BCUT2D eigenvalue weighted by molar-refractivity contribution is 5.97. The number of benzene rings is 1. The fourth-order valence-corrected chi connectivity index (χ4v) is 9.36. The molecule has 17 atom stereocenters. The maximum absolute atomic E-state index is 13.3. The molecule has 20 heteroatoms. The van der Waals surface area contributed by atoms with E-state index in [2.05, 4.69) is 0 Å². The number of ketones is 4. The van der Waals surface area contributed by atoms with Crippen LogP contribution >= 0.6 is 0 Å². The third kappa shape index (κ3) is 25.2. The summed E-state index contributed by atoms with van der Waals surface area (Å²) in [7, 11) is 0. The van der Waals surface area contributed by atoms with Crippen LogP contribution in [-0.4, -0.2) is 161 Å². The van der Waals surface area contributed by atoms with Crippen LogP contribution in [0.3, 0.4) is 0 Å². The minimum atomic E-state index is -1.95. The van der Waals surface area contributed by atoms with Crippen LogP contribution in [0.1, 0.15) is 115 Å². The van der Waals surface area contributed by atoms with Gasteiger partial charge in [0.2, 0.25) is 0 Å². The molecule has 2 heterocycles. The van der Waals surface area contributed by atoms with E-state index in [4.69, 9.17) is 25.7 Å². The molecule has 2 aliphatic heterocycles. The summed E-state index contributed by atoms with van der Waals surface area (Å²) >= 11 is 0. The first kappa shape index (κ1) is 67.7. The number of rotatable bonds is 10. The van der Waals surface area contributed by atoms with Crippen molar-refractivity contribution in [1.82, 2.24) is 0 Å². The molecule has 0 spiro atoms. The Morgan fingerprint density at radius 2 is 1.22 bits per heavy atom. The number of carbonyl (C=O) groups excluding carboxylic acids is 5. The first-order valence-electron chi connectivity index (χ1n) is 26.9. The van der Waals surface area contributed by atoms with E-state index >= 15 is 0 Å². The number of carboxylic acids is 1. The predicted molar refractivity (Wildman–Crippen MR) is 293 cm³/mol. The van der Waals surface area contributed by atoms with Crippen molar-refractivity contribution in [2.45, 2.75) is 184 Å². The van der Waals surface area contributed by atoms with Crippen molar-refractivity contribution in [3.63, 3.8) is 0 Å². The molecule has 438 valence electrons. The Balaban J connectivity index is 1.83. The summed E-state index contributed by atoms with van der Waals surface area (Å²) < 4.78 is 17.6. The predicted octanol–water partition coefficient (Wildman–Crippen LogP) is 3.61. The van der Waals surface area contributed by atoms with E-state index in [-0.39, 0.29) is 55.6 Å². The molecule has 2 aliphatic rings. The standard InChI is InChI=1S/C59H84N2O18/c1-35-18-15-13-11-9-7-5-6-8-10-12-14-16-21-47(78-59-54(61)56(74)55(73)38(4)77-59)33-51(71)53(58(75)76)50(70)31-46(67)30-45(66)29-44(65)28-43(64)27-41(62)19-17-20-42(63)32-52(72)79-57(35)37(3)26-36(2)48(68)34-49(69)39-22-24-40(60)25-23-39/h5-16,18,21-25,35-38,43-45,47-48,50-51,53-57,59,64-66,68,70-71,73-74H,17,19-20,26-34,60-61H2,1-4H3,(H,75,76)/b6-5+,9-7+,10-8+,13-11+,14-12+,18-15+,21-16+/t35-,36-,37+,38+,43+,44+,45+,47-,48-,50+,51-,53-,54-,55-,56-,57-,59-/m0/s1. The number of Topliss-reactive ketones (excluding diaryl/α,β-unsaturated/α-hetero) is 4. The van der Waals surface area contributed by atoms with Gasteiger partial charge in [-0.25, -0.2) is 0 Å². The number of carboxylic acid groups (broad SMARTS) is 1. The van der Waals surface area contributed by atoms with E-state index in [9.17, 15) is 74.7 Å². The Labute approximate surface area is 462 Å². The topological polar surface area (TPSA) is 364 Å². The zero-order valence-electron chi connectivity index (χ0n) is 45.5. The molecule has 1 saturated heterocycles. The average molecular weight is 1110 g/mol. The van der Waals surface area contributed by atoms with Gasteiger partial charge in [0.1, 0.15) is 48.0 Å². The summed E-state index contributed by atoms with van der Waals surface area (Å²) in [4.78, 5) is 77.3. The summed E-state index contributed by atoms with van der Waals surface area (Å²) in [6.45, 7) is 7.00. The highest BCUT2D eigenvalue weighted by Gasteiger charge is 2.43. The second-order valence-corrected chi connectivity index (χ2v) is 20.9. The lowest BCUT2D eigenvalue weighted by Gasteiger charge is -2.41. The van der Waals surface area contributed by atoms with Crippen molar-refractivity contribution in [2.24, 2.45) is 29.4 Å². The summed E-state index contributed by atoms with van der Waals surface area (Å²) in [6, 6.07) is 5.16. The number of esters is 1. The molecule has 0 aliphatic carbocycles. The molecule has 0 bridgehead atoms. The van der Waals surface area contributed by atoms with Crippen LogP contribution < -0.4 is 11.5 Å². The summed E-state index contributed by atoms with van der Waals surface area (Å²) in [5, 5.41) is 95.8. The number of nitrogen functional groups attached to an aromatic ring is 1. The van der Waals surface area contributed by atoms with Gasteiger partial charge in [-0.3, -0.25) is 28.8 Å². The van der Waals surface area contributed by atoms with Crippen molar-refractivity contribution in [3.8, 4) is 0 Å². The molecular weight excluding hydrogens is 1020 g/mol. The average Bonchev–Trinajstić information content (AvgIpc) is 3.36. The Morgan fingerprint density at radius 3 is 1.78 bits per heavy atom. The zero-order chi connectivity index (χ0) is 58.8. The maximum Gasteiger partial charge on any atom is 0.313 e. The molecule has 20 nitrogen and oxygen atoms in total. The number of aliphatic carboxylic acids is 1. The molecule has 0 aromatic heterocycles. The van der Waals surface area contributed by atoms with Gasteiger partial charge in [-0.1, -0.05) is 106 Å². The highest BCUT2D eigenvalue weighted by Crippen LogP contribution is 2.29. The number of hydrogen-bond donors (Lipinski definition) is 11. The van der Waals surface area contributed by atoms with Gasteiger partial charge >= 0.3 is 11.9 Å². The fraction of sp³-hybridized carbons (Fsp3) is 0.559. The summed E-state index contributed by atoms with van der Waals surface area (Å²) in [6.07, 6.45) is 4.37. The maximum atomic E-state index is 13.3. The van der Waals surface area contributed by atoms with Crippen molar-refractivity contribution in [2.75, 3.05) is 5.73 Å². The first-order chi connectivity index (χ1) is 37.4. The van der Waals surface area contributed by atoms with Crippen LogP contribution in [0.2, 0.25) is 0 Å². The van der Waals surface area contributed by atoms with E-state index in [0.29, 0.717) is 17.7 Å². The van der Waals surface area contributed by atoms with Crippen LogP contribution in [-0.2, 0) is 38.2 Å². The van der Waals surface area contributed by atoms with Gasteiger partial charge in [0.15, 0.2) is 12.1 Å². The van der Waals surface area contributed by atoms with Crippen LogP contribution in [0.5, 0.6) is 0 Å². The molecule has 79 heavy (non-hydrogen) atoms. The van der Waals surface area contributed by atoms with E-state index in [1.807, 2.05) is 19.9 Å². The minimum Gasteiger partial charge on any atom is -0.481 e. The highest BCUT2D eigenvalue weighted by atomic mass is 16.7. The van der Waals surface area contributed by atoms with Crippen molar-refractivity contribution < 1.29 is 88.9 Å². The second kappa shape index (κ2) is 35.2. The van der Waals surface area contributed by atoms with Gasteiger partial charge in [0.05, 0.1) is 54.9 Å². The molecule has 0 amide bonds.